The van der Waals surface area contributed by atoms with E-state index in [1.165, 1.54) is 32.1 Å². The van der Waals surface area contributed by atoms with Gasteiger partial charge in [-0.15, -0.1) is 0 Å². The first-order valence-corrected chi connectivity index (χ1v) is 21.0. The molecule has 0 aliphatic carbocycles. The largest absolute Gasteiger partial charge is 0.462 e. The van der Waals surface area contributed by atoms with Crippen LogP contribution in [0.3, 0.4) is 0 Å². The van der Waals surface area contributed by atoms with Gasteiger partial charge in [0.25, 0.3) is 0 Å². The smallest absolute Gasteiger partial charge is 0.339 e. The second-order valence-corrected chi connectivity index (χ2v) is 14.7. The fraction of sp³-hybridized carbons (Fsp3) is 0.929. The van der Waals surface area contributed by atoms with Crippen molar-refractivity contribution in [3.05, 3.63) is 0 Å². The van der Waals surface area contributed by atoms with Crippen LogP contribution in [0.15, 0.2) is 0 Å². The predicted octanol–water partition coefficient (Wildman–Crippen LogP) is 11.9. The zero-order chi connectivity index (χ0) is 36.6. The van der Waals surface area contributed by atoms with E-state index < -0.39 is 36.4 Å². The van der Waals surface area contributed by atoms with Crippen LogP contribution < -0.4 is 0 Å². The summed E-state index contributed by atoms with van der Waals surface area (Å²) in [4.78, 5) is 40.7. The summed E-state index contributed by atoms with van der Waals surface area (Å²) < 4.78 is 17.8. The van der Waals surface area contributed by atoms with E-state index in [4.69, 9.17) is 14.2 Å². The Hall–Kier alpha value is -1.63. The Kier molecular flexibility index (Phi) is 31.2. The number of esters is 3. The molecule has 0 radical (unpaired) electrons. The Morgan fingerprint density at radius 3 is 0.980 bits per heavy atom. The molecular weight excluding hydrogens is 616 g/mol. The molecule has 7 heteroatoms. The maximum absolute atomic E-state index is 13.8. The van der Waals surface area contributed by atoms with Gasteiger partial charge in [-0.25, -0.2) is 4.79 Å². The fourth-order valence-electron chi connectivity index (χ4n) is 6.41. The van der Waals surface area contributed by atoms with Gasteiger partial charge in [0.2, 0.25) is 0 Å². The highest BCUT2D eigenvalue weighted by Gasteiger charge is 2.45. The first kappa shape index (κ1) is 47.4. The lowest BCUT2D eigenvalue weighted by atomic mass is 9.94. The second kappa shape index (κ2) is 32.3. The van der Waals surface area contributed by atoms with Gasteiger partial charge in [-0.2, -0.15) is 0 Å². The highest BCUT2D eigenvalue weighted by Crippen LogP contribution is 2.26. The summed E-state index contributed by atoms with van der Waals surface area (Å²) in [5, 5.41) is 11.9. The molecule has 0 aromatic rings. The van der Waals surface area contributed by atoms with Crippen molar-refractivity contribution in [2.24, 2.45) is 0 Å². The van der Waals surface area contributed by atoms with E-state index in [1.807, 2.05) is 0 Å². The molecule has 0 fully saturated rings. The topological polar surface area (TPSA) is 99.1 Å². The van der Waals surface area contributed by atoms with E-state index in [0.717, 1.165) is 128 Å². The molecule has 7 nitrogen and oxygen atoms in total. The number of carbonyl (C=O) groups excluding carboxylic acids is 3. The minimum absolute atomic E-state index is 0.271. The Morgan fingerprint density at radius 1 is 0.408 bits per heavy atom. The van der Waals surface area contributed by atoms with Gasteiger partial charge in [0, 0.05) is 0 Å². The third-order valence-electron chi connectivity index (χ3n) is 9.65. The molecule has 0 rings (SSSR count). The average molecular weight is 697 g/mol. The summed E-state index contributed by atoms with van der Waals surface area (Å²) in [6, 6.07) is 0. The van der Waals surface area contributed by atoms with Gasteiger partial charge in [0.05, 0.1) is 12.8 Å². The molecule has 0 amide bonds. The molecule has 0 heterocycles. The Morgan fingerprint density at radius 2 is 0.673 bits per heavy atom. The minimum Gasteiger partial charge on any atom is -0.462 e. The highest BCUT2D eigenvalue weighted by atomic mass is 16.6. The van der Waals surface area contributed by atoms with Crippen molar-refractivity contribution in [1.82, 2.24) is 0 Å². The van der Waals surface area contributed by atoms with Gasteiger partial charge in [-0.05, 0) is 57.8 Å². The molecule has 0 aliphatic rings. The molecule has 0 aromatic heterocycles. The fourth-order valence-corrected chi connectivity index (χ4v) is 6.41. The van der Waals surface area contributed by atoms with Crippen molar-refractivity contribution >= 4 is 17.9 Å². The highest BCUT2D eigenvalue weighted by molar-refractivity contribution is 5.90. The van der Waals surface area contributed by atoms with Gasteiger partial charge < -0.3 is 19.3 Å². The van der Waals surface area contributed by atoms with Crippen LogP contribution >= 0.6 is 0 Å². The zero-order valence-corrected chi connectivity index (χ0v) is 33.1. The molecule has 0 saturated heterocycles. The van der Waals surface area contributed by atoms with Crippen LogP contribution in [-0.4, -0.2) is 46.9 Å². The van der Waals surface area contributed by atoms with Crippen molar-refractivity contribution in [3.63, 3.8) is 0 Å². The number of hydrogen-bond acceptors (Lipinski definition) is 7. The maximum atomic E-state index is 13.8. The van der Waals surface area contributed by atoms with Crippen LogP contribution in [0.1, 0.15) is 228 Å². The number of aliphatic hydroxyl groups is 1. The monoisotopic (exact) mass is 697 g/mol. The number of rotatable bonds is 35. The van der Waals surface area contributed by atoms with Crippen LogP contribution in [0.25, 0.3) is 0 Å². The first-order chi connectivity index (χ1) is 23.7. The van der Waals surface area contributed by atoms with Gasteiger partial charge in [0.1, 0.15) is 18.3 Å². The normalized spacial score (nSPS) is 14.5. The number of carbonyl (C=O) groups is 3. The van der Waals surface area contributed by atoms with Crippen LogP contribution in [0.4, 0.5) is 0 Å². The Balaban J connectivity index is 5.88. The molecular formula is C42H80O7. The molecule has 3 unspecified atom stereocenters. The lowest BCUT2D eigenvalue weighted by Gasteiger charge is -2.29. The van der Waals surface area contributed by atoms with Gasteiger partial charge in [0.15, 0.2) is 5.60 Å². The van der Waals surface area contributed by atoms with Crippen LogP contribution in [-0.2, 0) is 28.6 Å². The lowest BCUT2D eigenvalue weighted by molar-refractivity contribution is -0.184. The standard InChI is InChI=1S/C42H80O7/c1-7-13-19-22-25-31-36(28-16-10-4)47-39(43)34-42(46,41(45)49-38(30-18-12-6)33-27-24-21-15-9-3)35-40(44)48-37(29-17-11-5)32-26-23-20-14-8-2/h36-38,46H,7-35H2,1-6H3. The summed E-state index contributed by atoms with van der Waals surface area (Å²) in [5.41, 5.74) is -2.34. The Bertz CT molecular complexity index is 756. The van der Waals surface area contributed by atoms with Gasteiger partial charge in [-0.3, -0.25) is 9.59 Å². The lowest BCUT2D eigenvalue weighted by Crippen LogP contribution is -2.46. The van der Waals surface area contributed by atoms with E-state index in [9.17, 15) is 19.5 Å². The third-order valence-corrected chi connectivity index (χ3v) is 9.65. The number of unbranched alkanes of at least 4 members (excludes halogenated alkanes) is 15. The summed E-state index contributed by atoms with van der Waals surface area (Å²) in [6.07, 6.45) is 24.6. The summed E-state index contributed by atoms with van der Waals surface area (Å²) >= 11 is 0. The van der Waals surface area contributed by atoms with Crippen molar-refractivity contribution in [3.8, 4) is 0 Å². The van der Waals surface area contributed by atoms with Crippen LogP contribution in [0.2, 0.25) is 0 Å². The molecule has 0 aliphatic heterocycles. The molecule has 0 saturated carbocycles. The molecule has 0 spiro atoms. The third kappa shape index (κ3) is 25.9. The summed E-state index contributed by atoms with van der Waals surface area (Å²) in [7, 11) is 0. The SMILES string of the molecule is CCCCCCCC(CCCC)OC(=O)CC(O)(CC(=O)OC(CCCC)CCCCCCC)C(=O)OC(CCCC)CCCCCCC. The van der Waals surface area contributed by atoms with E-state index in [2.05, 4.69) is 41.5 Å². The van der Waals surface area contributed by atoms with E-state index in [1.54, 1.807) is 0 Å². The quantitative estimate of drug-likeness (QED) is 0.0400. The average Bonchev–Trinajstić information content (AvgIpc) is 3.07. The van der Waals surface area contributed by atoms with Gasteiger partial charge >= 0.3 is 17.9 Å². The number of ether oxygens (including phenoxy) is 3. The Labute approximate surface area is 302 Å². The zero-order valence-electron chi connectivity index (χ0n) is 33.1. The predicted molar refractivity (Wildman–Crippen MR) is 203 cm³/mol. The molecule has 1 N–H and O–H groups in total. The van der Waals surface area contributed by atoms with Crippen molar-refractivity contribution in [1.29, 1.82) is 0 Å². The molecule has 290 valence electrons. The molecule has 49 heavy (non-hydrogen) atoms. The second-order valence-electron chi connectivity index (χ2n) is 14.7. The van der Waals surface area contributed by atoms with Crippen molar-refractivity contribution < 1.29 is 33.7 Å². The molecule has 0 aromatic carbocycles. The van der Waals surface area contributed by atoms with Crippen molar-refractivity contribution in [2.75, 3.05) is 0 Å². The molecule has 0 bridgehead atoms. The van der Waals surface area contributed by atoms with Gasteiger partial charge in [-0.1, -0.05) is 157 Å². The van der Waals surface area contributed by atoms with Crippen LogP contribution in [0, 0.1) is 0 Å². The molecule has 3 atom stereocenters. The van der Waals surface area contributed by atoms with E-state index >= 15 is 0 Å². The minimum atomic E-state index is -2.34. The van der Waals surface area contributed by atoms with E-state index in [0.29, 0.717) is 12.8 Å². The summed E-state index contributed by atoms with van der Waals surface area (Å²) in [6.45, 7) is 12.9. The van der Waals surface area contributed by atoms with E-state index in [-0.39, 0.29) is 18.3 Å². The van der Waals surface area contributed by atoms with Crippen molar-refractivity contribution in [2.45, 2.75) is 252 Å². The van der Waals surface area contributed by atoms with Crippen LogP contribution in [0.5, 0.6) is 0 Å². The summed E-state index contributed by atoms with van der Waals surface area (Å²) in [5.74, 6) is -2.24. The first-order valence-electron chi connectivity index (χ1n) is 21.0. The number of hydrogen-bond donors (Lipinski definition) is 1. The maximum Gasteiger partial charge on any atom is 0.339 e.